The molecule has 6 N–H and O–H groups in total. The maximum absolute atomic E-state index is 13.4. The Hall–Kier alpha value is -2.80. The molecule has 2 aromatic rings. The van der Waals surface area contributed by atoms with Crippen LogP contribution in [0.4, 0.5) is 0 Å². The summed E-state index contributed by atoms with van der Waals surface area (Å²) >= 11 is 0. The summed E-state index contributed by atoms with van der Waals surface area (Å²) < 4.78 is 24.2. The first kappa shape index (κ1) is 39.9. The van der Waals surface area contributed by atoms with E-state index >= 15 is 0 Å². The number of nitrogens with one attached hydrogen (secondary N) is 2. The zero-order chi connectivity index (χ0) is 37.4. The maximum atomic E-state index is 13.4. The summed E-state index contributed by atoms with van der Waals surface area (Å²) in [5, 5.41) is 5.99. The van der Waals surface area contributed by atoms with Gasteiger partial charge in [0.1, 0.15) is 12.5 Å². The molecule has 2 amide bonds. The van der Waals surface area contributed by atoms with Crippen molar-refractivity contribution in [1.29, 1.82) is 0 Å². The van der Waals surface area contributed by atoms with Crippen LogP contribution in [0.25, 0.3) is 0 Å². The van der Waals surface area contributed by atoms with Crippen LogP contribution in [0.5, 0.6) is 0 Å². The molecule has 2 unspecified atom stereocenters. The smallest absolute Gasteiger partial charge is 0.393 e. The summed E-state index contributed by atoms with van der Waals surface area (Å²) in [6, 6.07) is 16.1. The summed E-state index contributed by atoms with van der Waals surface area (Å²) in [6.45, 7) is 6.64. The number of ether oxygens (including phenoxy) is 2. The number of fused-ring (bicyclic) bond motifs is 6. The highest BCUT2D eigenvalue weighted by atomic mass is 16.6. The number of carbonyl (C=O) groups excluding carboxylic acids is 2. The van der Waals surface area contributed by atoms with E-state index in [2.05, 4.69) is 48.7 Å². The predicted molar refractivity (Wildman–Crippen MR) is 207 cm³/mol. The van der Waals surface area contributed by atoms with Gasteiger partial charge in [-0.25, -0.2) is 0 Å². The van der Waals surface area contributed by atoms with Crippen molar-refractivity contribution in [1.82, 2.24) is 10.6 Å². The van der Waals surface area contributed by atoms with Crippen LogP contribution in [-0.2, 0) is 29.6 Å². The number of amides is 2. The van der Waals surface area contributed by atoms with Crippen LogP contribution in [0.1, 0.15) is 148 Å². The fourth-order valence-electron chi connectivity index (χ4n) is 9.74. The Kier molecular flexibility index (Phi) is 13.4. The van der Waals surface area contributed by atoms with E-state index in [4.69, 9.17) is 30.2 Å². The second-order valence-electron chi connectivity index (χ2n) is 16.1. The van der Waals surface area contributed by atoms with Crippen LogP contribution in [-0.4, -0.2) is 69.5 Å². The van der Waals surface area contributed by atoms with Gasteiger partial charge in [-0.1, -0.05) is 24.3 Å². The Balaban J connectivity index is 1.00. The van der Waals surface area contributed by atoms with Crippen LogP contribution in [0, 0.1) is 0 Å². The molecule has 53 heavy (non-hydrogen) atoms. The molecule has 2 aromatic carbocycles. The first-order valence-corrected chi connectivity index (χ1v) is 20.3. The lowest BCUT2D eigenvalue weighted by Crippen LogP contribution is -2.49. The maximum Gasteiger partial charge on any atom is 0.491 e. The number of carbonyl (C=O) groups is 2. The summed E-state index contributed by atoms with van der Waals surface area (Å²) in [6.07, 6.45) is 14.4. The average molecular weight is 730 g/mol. The fourth-order valence-corrected chi connectivity index (χ4v) is 9.74. The largest absolute Gasteiger partial charge is 0.491 e. The summed E-state index contributed by atoms with van der Waals surface area (Å²) in [7, 11) is 1.22. The first-order valence-electron chi connectivity index (χ1n) is 20.3. The molecule has 0 spiro atoms. The highest BCUT2D eigenvalue weighted by Gasteiger charge is 2.51. The molecular formula is C42H62BN4O6. The molecule has 11 heteroatoms. The number of benzene rings is 2. The zero-order valence-electron chi connectivity index (χ0n) is 32.1. The molecule has 0 aromatic heterocycles. The number of rotatable bonds is 20. The molecule has 6 saturated carbocycles. The van der Waals surface area contributed by atoms with Crippen LogP contribution >= 0.6 is 0 Å². The van der Waals surface area contributed by atoms with Gasteiger partial charge in [0.2, 0.25) is 0 Å². The van der Waals surface area contributed by atoms with E-state index in [1.54, 1.807) is 0 Å². The molecule has 0 heterocycles. The van der Waals surface area contributed by atoms with Crippen LogP contribution in [0.2, 0.25) is 0 Å². The van der Waals surface area contributed by atoms with Gasteiger partial charge in [-0.15, -0.1) is 0 Å². The average Bonchev–Trinajstić information content (AvgIpc) is 3.20. The molecule has 0 saturated heterocycles. The Labute approximate surface area is 317 Å². The van der Waals surface area contributed by atoms with Crippen molar-refractivity contribution in [2.75, 3.05) is 26.3 Å². The minimum absolute atomic E-state index is 0.0703. The molecule has 1 radical (unpaired) electrons. The normalized spacial score (nSPS) is 28.7. The number of hydrogen-bond donors (Lipinski definition) is 4. The van der Waals surface area contributed by atoms with Gasteiger partial charge in [-0.2, -0.15) is 0 Å². The minimum Gasteiger partial charge on any atom is -0.393 e. The molecule has 6 fully saturated rings. The highest BCUT2D eigenvalue weighted by Crippen LogP contribution is 2.56. The first-order chi connectivity index (χ1) is 25.7. The Morgan fingerprint density at radius 1 is 0.604 bits per heavy atom. The lowest BCUT2D eigenvalue weighted by molar-refractivity contribution is -0.114. The second-order valence-corrected chi connectivity index (χ2v) is 16.1. The van der Waals surface area contributed by atoms with E-state index in [0.29, 0.717) is 49.9 Å². The van der Waals surface area contributed by atoms with Crippen molar-refractivity contribution in [3.8, 4) is 0 Å². The van der Waals surface area contributed by atoms with E-state index in [1.165, 1.54) is 18.8 Å². The Morgan fingerprint density at radius 3 is 1.25 bits per heavy atom. The van der Waals surface area contributed by atoms with Gasteiger partial charge in [-0.3, -0.25) is 9.59 Å². The lowest BCUT2D eigenvalue weighted by Gasteiger charge is -2.53. The molecule has 6 aliphatic rings. The van der Waals surface area contributed by atoms with Gasteiger partial charge in [0.25, 0.3) is 11.8 Å². The number of hydrogen-bond acceptors (Lipinski definition) is 8. The predicted octanol–water partition coefficient (Wildman–Crippen LogP) is 6.31. The van der Waals surface area contributed by atoms with Crippen LogP contribution in [0.15, 0.2) is 48.5 Å². The van der Waals surface area contributed by atoms with Crippen LogP contribution in [0.3, 0.4) is 0 Å². The monoisotopic (exact) mass is 729 g/mol. The molecule has 8 rings (SSSR count). The molecule has 6 aliphatic carbocycles. The molecule has 289 valence electrons. The highest BCUT2D eigenvalue weighted by molar-refractivity contribution is 6.18. The molecule has 0 aliphatic heterocycles. The van der Waals surface area contributed by atoms with Gasteiger partial charge < -0.3 is 40.9 Å². The Morgan fingerprint density at radius 2 is 0.943 bits per heavy atom. The third kappa shape index (κ3) is 9.19. The lowest BCUT2D eigenvalue weighted by atomic mass is 9.56. The SMILES string of the molecule is CCOC12CCC(c3ccc(C(=O)NC(CCCN)O[B]OC(CCCN)NC(=O)c4ccc(C56CCC(OCC)(CC5)CC6)cc4)cc3)(CC1)CC2. The molecule has 10 nitrogen and oxygen atoms in total. The van der Waals surface area contributed by atoms with E-state index < -0.39 is 12.5 Å². The van der Waals surface area contributed by atoms with E-state index in [9.17, 15) is 9.59 Å². The van der Waals surface area contributed by atoms with Gasteiger partial charge >= 0.3 is 7.69 Å². The summed E-state index contributed by atoms with van der Waals surface area (Å²) in [5.41, 5.74) is 15.9. The van der Waals surface area contributed by atoms with Gasteiger partial charge in [-0.05, 0) is 176 Å². The van der Waals surface area contributed by atoms with Crippen molar-refractivity contribution in [2.24, 2.45) is 11.5 Å². The van der Waals surface area contributed by atoms with E-state index in [0.717, 1.165) is 90.3 Å². The molecule has 4 bridgehead atoms. The third-order valence-corrected chi connectivity index (χ3v) is 13.1. The quantitative estimate of drug-likeness (QED) is 0.0917. The third-order valence-electron chi connectivity index (χ3n) is 13.1. The van der Waals surface area contributed by atoms with Gasteiger partial charge in [0, 0.05) is 24.3 Å². The standard InChI is InChI=1S/C42H62BN4O6/c1-3-50-41-23-17-39(18-24-41,19-25-41)33-13-9-31(10-14-33)37(48)46-35(7-5-29-44)52-43-53-36(8-6-30-45)47-38(49)32-11-15-34(16-12-32)40-20-26-42(27-21-40,28-22-40)51-4-2/h9-16,35-36H,3-8,17-30,44-45H2,1-2H3,(H,46,48)(H,47,49). The summed E-state index contributed by atoms with van der Waals surface area (Å²) in [4.78, 5) is 26.7. The summed E-state index contributed by atoms with van der Waals surface area (Å²) in [5.74, 6) is -0.448. The van der Waals surface area contributed by atoms with Crippen molar-refractivity contribution in [2.45, 2.75) is 151 Å². The van der Waals surface area contributed by atoms with Gasteiger partial charge in [0.05, 0.1) is 11.2 Å². The fraction of sp³-hybridized carbons (Fsp3) is 0.667. The van der Waals surface area contributed by atoms with E-state index in [-0.39, 0.29) is 33.8 Å². The second kappa shape index (κ2) is 17.8. The van der Waals surface area contributed by atoms with Crippen molar-refractivity contribution in [3.63, 3.8) is 0 Å². The molecule has 2 atom stereocenters. The van der Waals surface area contributed by atoms with Crippen molar-refractivity contribution >= 4 is 19.5 Å². The zero-order valence-corrected chi connectivity index (χ0v) is 32.1. The van der Waals surface area contributed by atoms with E-state index in [1.807, 2.05) is 24.3 Å². The van der Waals surface area contributed by atoms with Crippen LogP contribution < -0.4 is 22.1 Å². The minimum atomic E-state index is -0.649. The topological polar surface area (TPSA) is 147 Å². The van der Waals surface area contributed by atoms with Crippen molar-refractivity contribution < 1.29 is 28.4 Å². The van der Waals surface area contributed by atoms with Gasteiger partial charge in [0.15, 0.2) is 0 Å². The Bertz CT molecular complexity index is 1340. The van der Waals surface area contributed by atoms with Crippen molar-refractivity contribution in [3.05, 3.63) is 70.8 Å². The molecular weight excluding hydrogens is 667 g/mol. The number of nitrogens with two attached hydrogens (primary N) is 2.